The van der Waals surface area contributed by atoms with Crippen LogP contribution in [0.3, 0.4) is 0 Å². The molecule has 0 aromatic heterocycles. The van der Waals surface area contributed by atoms with E-state index in [-0.39, 0.29) is 5.78 Å². The highest BCUT2D eigenvalue weighted by Gasteiger charge is 2.13. The molecule has 3 heteroatoms. The van der Waals surface area contributed by atoms with Gasteiger partial charge in [-0.25, -0.2) is 0 Å². The van der Waals surface area contributed by atoms with Gasteiger partial charge in [-0.15, -0.1) is 0 Å². The SMILES string of the molecule is COc1cccc(COCc2ccc3ccccc3c2)c1C(C)=O. The molecule has 24 heavy (non-hydrogen) atoms. The van der Waals surface area contributed by atoms with Crippen molar-refractivity contribution in [1.82, 2.24) is 0 Å². The van der Waals surface area contributed by atoms with Gasteiger partial charge in [0.05, 0.1) is 25.9 Å². The number of ether oxygens (including phenoxy) is 2. The lowest BCUT2D eigenvalue weighted by Crippen LogP contribution is -2.05. The summed E-state index contributed by atoms with van der Waals surface area (Å²) in [6.07, 6.45) is 0. The zero-order valence-electron chi connectivity index (χ0n) is 13.9. The van der Waals surface area contributed by atoms with Gasteiger partial charge in [0.2, 0.25) is 0 Å². The molecular weight excluding hydrogens is 300 g/mol. The maximum atomic E-state index is 11.9. The third-order valence-electron chi connectivity index (χ3n) is 4.02. The molecule has 0 saturated carbocycles. The van der Waals surface area contributed by atoms with E-state index in [1.165, 1.54) is 10.8 Å². The lowest BCUT2D eigenvalue weighted by atomic mass is 10.0. The minimum absolute atomic E-state index is 0.0169. The molecule has 0 atom stereocenters. The smallest absolute Gasteiger partial charge is 0.163 e. The number of fused-ring (bicyclic) bond motifs is 1. The number of Topliss-reactive ketones (excluding diaryl/α,β-unsaturated/α-hetero) is 1. The lowest BCUT2D eigenvalue weighted by molar-refractivity contribution is 0.0972. The summed E-state index contributed by atoms with van der Waals surface area (Å²) in [6, 6.07) is 20.1. The van der Waals surface area contributed by atoms with E-state index in [9.17, 15) is 4.79 Å². The van der Waals surface area contributed by atoms with Gasteiger partial charge in [0.25, 0.3) is 0 Å². The maximum absolute atomic E-state index is 11.9. The molecule has 0 radical (unpaired) electrons. The molecule has 3 rings (SSSR count). The van der Waals surface area contributed by atoms with Gasteiger partial charge in [-0.1, -0.05) is 48.5 Å². The molecule has 0 fully saturated rings. The Balaban J connectivity index is 1.73. The number of methoxy groups -OCH3 is 1. The summed E-state index contributed by atoms with van der Waals surface area (Å²) in [5, 5.41) is 2.41. The van der Waals surface area contributed by atoms with Crippen LogP contribution < -0.4 is 4.74 Å². The molecule has 0 aliphatic heterocycles. The molecular formula is C21H20O3. The highest BCUT2D eigenvalue weighted by molar-refractivity contribution is 5.98. The van der Waals surface area contributed by atoms with Crippen molar-refractivity contribution in [2.75, 3.05) is 7.11 Å². The molecule has 0 N–H and O–H groups in total. The molecule has 122 valence electrons. The van der Waals surface area contributed by atoms with E-state index in [2.05, 4.69) is 30.3 Å². The molecule has 0 aliphatic carbocycles. The van der Waals surface area contributed by atoms with Crippen molar-refractivity contribution in [3.63, 3.8) is 0 Å². The van der Waals surface area contributed by atoms with Crippen LogP contribution in [-0.4, -0.2) is 12.9 Å². The molecule has 0 aliphatic rings. The number of carbonyl (C=O) groups excluding carboxylic acids is 1. The average Bonchev–Trinajstić information content (AvgIpc) is 2.61. The van der Waals surface area contributed by atoms with Gasteiger partial charge in [0.1, 0.15) is 5.75 Å². The van der Waals surface area contributed by atoms with Crippen molar-refractivity contribution in [3.8, 4) is 5.75 Å². The number of ketones is 1. The Kier molecular flexibility index (Phi) is 4.92. The van der Waals surface area contributed by atoms with Gasteiger partial charge in [0.15, 0.2) is 5.78 Å². The van der Waals surface area contributed by atoms with Crippen LogP contribution in [0.5, 0.6) is 5.75 Å². The Hall–Kier alpha value is -2.65. The second-order valence-corrected chi connectivity index (χ2v) is 5.72. The van der Waals surface area contributed by atoms with Crippen molar-refractivity contribution in [2.45, 2.75) is 20.1 Å². The number of hydrogen-bond donors (Lipinski definition) is 0. The van der Waals surface area contributed by atoms with E-state index in [4.69, 9.17) is 9.47 Å². The number of hydrogen-bond acceptors (Lipinski definition) is 3. The fraction of sp³-hybridized carbons (Fsp3) is 0.190. The van der Waals surface area contributed by atoms with E-state index >= 15 is 0 Å². The maximum Gasteiger partial charge on any atom is 0.163 e. The number of rotatable bonds is 6. The lowest BCUT2D eigenvalue weighted by Gasteiger charge is -2.12. The van der Waals surface area contributed by atoms with E-state index in [0.717, 1.165) is 11.1 Å². The standard InChI is InChI=1S/C21H20O3/c1-15(22)21-19(8-5-9-20(21)23-2)14-24-13-16-10-11-17-6-3-4-7-18(17)12-16/h3-12H,13-14H2,1-2H3. The second kappa shape index (κ2) is 7.28. The zero-order valence-corrected chi connectivity index (χ0v) is 13.9. The zero-order chi connectivity index (χ0) is 16.9. The van der Waals surface area contributed by atoms with Crippen LogP contribution in [0.4, 0.5) is 0 Å². The van der Waals surface area contributed by atoms with Crippen molar-refractivity contribution in [3.05, 3.63) is 77.4 Å². The van der Waals surface area contributed by atoms with Gasteiger partial charge in [-0.05, 0) is 41.0 Å². The van der Waals surface area contributed by atoms with Crippen LogP contribution in [0, 0.1) is 0 Å². The molecule has 0 unspecified atom stereocenters. The summed E-state index contributed by atoms with van der Waals surface area (Å²) in [4.78, 5) is 11.9. The van der Waals surface area contributed by atoms with E-state index < -0.39 is 0 Å². The van der Waals surface area contributed by atoms with E-state index in [1.807, 2.05) is 24.3 Å². The summed E-state index contributed by atoms with van der Waals surface area (Å²) in [7, 11) is 1.57. The summed E-state index contributed by atoms with van der Waals surface area (Å²) < 4.78 is 11.1. The minimum atomic E-state index is -0.0169. The quantitative estimate of drug-likeness (QED) is 0.614. The van der Waals surface area contributed by atoms with Crippen LogP contribution in [0.1, 0.15) is 28.4 Å². The number of benzene rings is 3. The van der Waals surface area contributed by atoms with Gasteiger partial charge in [0, 0.05) is 0 Å². The van der Waals surface area contributed by atoms with Crippen LogP contribution in [-0.2, 0) is 18.0 Å². The Morgan fingerprint density at radius 2 is 1.71 bits per heavy atom. The molecule has 3 nitrogen and oxygen atoms in total. The van der Waals surface area contributed by atoms with Gasteiger partial charge in [-0.2, -0.15) is 0 Å². The van der Waals surface area contributed by atoms with Crippen LogP contribution in [0.15, 0.2) is 60.7 Å². The van der Waals surface area contributed by atoms with Crippen molar-refractivity contribution in [2.24, 2.45) is 0 Å². The van der Waals surface area contributed by atoms with Crippen molar-refractivity contribution >= 4 is 16.6 Å². The average molecular weight is 320 g/mol. The third-order valence-corrected chi connectivity index (χ3v) is 4.02. The van der Waals surface area contributed by atoms with Crippen molar-refractivity contribution in [1.29, 1.82) is 0 Å². The third kappa shape index (κ3) is 3.47. The van der Waals surface area contributed by atoms with Crippen molar-refractivity contribution < 1.29 is 14.3 Å². The Labute approximate surface area is 141 Å². The summed E-state index contributed by atoms with van der Waals surface area (Å²) >= 11 is 0. The highest BCUT2D eigenvalue weighted by atomic mass is 16.5. The van der Waals surface area contributed by atoms with E-state index in [1.54, 1.807) is 20.1 Å². The van der Waals surface area contributed by atoms with Crippen LogP contribution in [0.2, 0.25) is 0 Å². The Morgan fingerprint density at radius 3 is 2.46 bits per heavy atom. The topological polar surface area (TPSA) is 35.5 Å². The molecule has 0 saturated heterocycles. The molecule has 0 amide bonds. The van der Waals surface area contributed by atoms with Gasteiger partial charge in [-0.3, -0.25) is 4.79 Å². The predicted molar refractivity (Wildman–Crippen MR) is 95.4 cm³/mol. The Bertz CT molecular complexity index is 868. The molecule has 3 aromatic rings. The van der Waals surface area contributed by atoms with Gasteiger partial charge >= 0.3 is 0 Å². The first kappa shape index (κ1) is 16.2. The fourth-order valence-electron chi connectivity index (χ4n) is 2.87. The van der Waals surface area contributed by atoms with E-state index in [0.29, 0.717) is 24.5 Å². The predicted octanol–water partition coefficient (Wildman–Crippen LogP) is 4.77. The fourth-order valence-corrected chi connectivity index (χ4v) is 2.87. The van der Waals surface area contributed by atoms with Crippen LogP contribution >= 0.6 is 0 Å². The summed E-state index contributed by atoms with van der Waals surface area (Å²) in [5.41, 5.74) is 2.56. The summed E-state index contributed by atoms with van der Waals surface area (Å²) in [5.74, 6) is 0.575. The molecule has 3 aromatic carbocycles. The first-order valence-corrected chi connectivity index (χ1v) is 7.91. The molecule has 0 spiro atoms. The monoisotopic (exact) mass is 320 g/mol. The molecule has 0 bridgehead atoms. The minimum Gasteiger partial charge on any atom is -0.496 e. The van der Waals surface area contributed by atoms with Crippen LogP contribution in [0.25, 0.3) is 10.8 Å². The number of carbonyl (C=O) groups is 1. The normalized spacial score (nSPS) is 10.8. The second-order valence-electron chi connectivity index (χ2n) is 5.72. The van der Waals surface area contributed by atoms with Gasteiger partial charge < -0.3 is 9.47 Å². The first-order chi connectivity index (χ1) is 11.7. The molecule has 0 heterocycles. The Morgan fingerprint density at radius 1 is 0.917 bits per heavy atom. The summed E-state index contributed by atoms with van der Waals surface area (Å²) in [6.45, 7) is 2.42. The first-order valence-electron chi connectivity index (χ1n) is 7.91. The highest BCUT2D eigenvalue weighted by Crippen LogP contribution is 2.24. The largest absolute Gasteiger partial charge is 0.496 e.